The largest absolute Gasteiger partial charge is 0.351 e. The van der Waals surface area contributed by atoms with Crippen LogP contribution < -0.4 is 10.6 Å². The summed E-state index contributed by atoms with van der Waals surface area (Å²) < 4.78 is 39.9. The molecule has 7 heteroatoms. The Labute approximate surface area is 148 Å². The number of aryl methyl sites for hydroxylation is 1. The van der Waals surface area contributed by atoms with Crippen molar-refractivity contribution in [2.24, 2.45) is 5.41 Å². The van der Waals surface area contributed by atoms with Gasteiger partial charge >= 0.3 is 0 Å². The zero-order valence-electron chi connectivity index (χ0n) is 14.0. The Morgan fingerprint density at radius 3 is 2.23 bits per heavy atom. The van der Waals surface area contributed by atoms with Gasteiger partial charge in [0.25, 0.3) is 0 Å². The first-order valence-corrected chi connectivity index (χ1v) is 8.12. The topological polar surface area (TPSA) is 58.2 Å². The standard InChI is InChI=1S/C19H17F3N2O2/c1-11-2-4-12(5-3-11)10-23-17(25)19(8-9-19)18(26)24-14-7-6-13(20)15(21)16(14)22/h2-7H,8-10H2,1H3,(H,23,25)(H,24,26). The first-order valence-electron chi connectivity index (χ1n) is 8.12. The summed E-state index contributed by atoms with van der Waals surface area (Å²) in [5.74, 6) is -5.72. The highest BCUT2D eigenvalue weighted by atomic mass is 19.2. The molecular weight excluding hydrogens is 345 g/mol. The minimum absolute atomic E-state index is 0.258. The maximum atomic E-state index is 13.7. The Morgan fingerprint density at radius 2 is 1.62 bits per heavy atom. The molecule has 2 amide bonds. The fourth-order valence-electron chi connectivity index (χ4n) is 2.60. The van der Waals surface area contributed by atoms with E-state index in [2.05, 4.69) is 10.6 Å². The predicted octanol–water partition coefficient (Wildman–Crippen LogP) is 3.45. The van der Waals surface area contributed by atoms with Gasteiger partial charge in [0.1, 0.15) is 5.41 Å². The lowest BCUT2D eigenvalue weighted by molar-refractivity contribution is -0.134. The van der Waals surface area contributed by atoms with Crippen LogP contribution >= 0.6 is 0 Å². The molecule has 0 heterocycles. The van der Waals surface area contributed by atoms with Gasteiger partial charge < -0.3 is 10.6 Å². The number of hydrogen-bond donors (Lipinski definition) is 2. The smallest absolute Gasteiger partial charge is 0.240 e. The van der Waals surface area contributed by atoms with Crippen LogP contribution in [0.5, 0.6) is 0 Å². The van der Waals surface area contributed by atoms with E-state index in [9.17, 15) is 22.8 Å². The lowest BCUT2D eigenvalue weighted by Gasteiger charge is -2.16. The van der Waals surface area contributed by atoms with Crippen molar-refractivity contribution in [1.29, 1.82) is 0 Å². The van der Waals surface area contributed by atoms with Crippen molar-refractivity contribution in [3.05, 3.63) is 65.0 Å². The number of anilines is 1. The molecule has 0 aromatic heterocycles. The fourth-order valence-corrected chi connectivity index (χ4v) is 2.60. The second-order valence-electron chi connectivity index (χ2n) is 6.43. The highest BCUT2D eigenvalue weighted by Gasteiger charge is 2.56. The van der Waals surface area contributed by atoms with Gasteiger partial charge in [0, 0.05) is 6.54 Å². The second-order valence-corrected chi connectivity index (χ2v) is 6.43. The van der Waals surface area contributed by atoms with Gasteiger partial charge in [-0.1, -0.05) is 29.8 Å². The quantitative estimate of drug-likeness (QED) is 0.632. The maximum absolute atomic E-state index is 13.7. The van der Waals surface area contributed by atoms with Crippen molar-refractivity contribution < 1.29 is 22.8 Å². The molecule has 0 saturated heterocycles. The summed E-state index contributed by atoms with van der Waals surface area (Å²) in [5.41, 5.74) is 0.173. The number of carbonyl (C=O) groups excluding carboxylic acids is 2. The van der Waals surface area contributed by atoms with Gasteiger partial charge in [0.2, 0.25) is 11.8 Å². The molecule has 0 unspecified atom stereocenters. The van der Waals surface area contributed by atoms with E-state index >= 15 is 0 Å². The molecule has 0 bridgehead atoms. The Balaban J connectivity index is 1.66. The first kappa shape index (κ1) is 18.0. The highest BCUT2D eigenvalue weighted by Crippen LogP contribution is 2.47. The van der Waals surface area contributed by atoms with Crippen LogP contribution in [0.1, 0.15) is 24.0 Å². The minimum Gasteiger partial charge on any atom is -0.351 e. The Morgan fingerprint density at radius 1 is 0.962 bits per heavy atom. The number of benzene rings is 2. The van der Waals surface area contributed by atoms with Crippen molar-refractivity contribution in [2.45, 2.75) is 26.3 Å². The molecule has 1 aliphatic rings. The van der Waals surface area contributed by atoms with Crippen LogP contribution in [-0.4, -0.2) is 11.8 Å². The number of amides is 2. The summed E-state index contributed by atoms with van der Waals surface area (Å²) in [6, 6.07) is 9.19. The molecule has 1 aliphatic carbocycles. The fraction of sp³-hybridized carbons (Fsp3) is 0.263. The molecule has 0 atom stereocenters. The molecule has 1 fully saturated rings. The van der Waals surface area contributed by atoms with Crippen molar-refractivity contribution in [1.82, 2.24) is 5.32 Å². The van der Waals surface area contributed by atoms with Gasteiger partial charge in [-0.05, 0) is 37.5 Å². The van der Waals surface area contributed by atoms with Crippen molar-refractivity contribution in [3.63, 3.8) is 0 Å². The maximum Gasteiger partial charge on any atom is 0.240 e. The molecular formula is C19H17F3N2O2. The van der Waals surface area contributed by atoms with E-state index in [-0.39, 0.29) is 6.54 Å². The molecule has 4 nitrogen and oxygen atoms in total. The molecule has 1 saturated carbocycles. The monoisotopic (exact) mass is 362 g/mol. The van der Waals surface area contributed by atoms with E-state index < -0.39 is 40.4 Å². The van der Waals surface area contributed by atoms with Crippen LogP contribution in [-0.2, 0) is 16.1 Å². The van der Waals surface area contributed by atoms with Crippen LogP contribution in [0.2, 0.25) is 0 Å². The lowest BCUT2D eigenvalue weighted by Crippen LogP contribution is -2.39. The Kier molecular flexibility index (Phi) is 4.71. The summed E-state index contributed by atoms with van der Waals surface area (Å²) in [7, 11) is 0. The molecule has 2 aromatic carbocycles. The van der Waals surface area contributed by atoms with Gasteiger partial charge in [-0.2, -0.15) is 0 Å². The number of halogens is 3. The summed E-state index contributed by atoms with van der Waals surface area (Å²) in [6.07, 6.45) is 0.619. The molecule has 136 valence electrons. The summed E-state index contributed by atoms with van der Waals surface area (Å²) in [6.45, 7) is 2.21. The number of hydrogen-bond acceptors (Lipinski definition) is 2. The average molecular weight is 362 g/mol. The van der Waals surface area contributed by atoms with Crippen molar-refractivity contribution in [2.75, 3.05) is 5.32 Å². The van der Waals surface area contributed by atoms with Gasteiger partial charge in [0.05, 0.1) is 5.69 Å². The van der Waals surface area contributed by atoms with E-state index in [1.165, 1.54) is 0 Å². The van der Waals surface area contributed by atoms with E-state index in [1.54, 1.807) is 0 Å². The SMILES string of the molecule is Cc1ccc(CNC(=O)C2(C(=O)Nc3ccc(F)c(F)c3F)CC2)cc1. The summed E-state index contributed by atoms with van der Waals surface area (Å²) in [5, 5.41) is 4.88. The lowest BCUT2D eigenvalue weighted by atomic mass is 10.0. The van der Waals surface area contributed by atoms with Gasteiger partial charge in [-0.3, -0.25) is 9.59 Å². The molecule has 26 heavy (non-hydrogen) atoms. The third kappa shape index (κ3) is 3.42. The van der Waals surface area contributed by atoms with Crippen LogP contribution in [0.3, 0.4) is 0 Å². The van der Waals surface area contributed by atoms with E-state index in [1.807, 2.05) is 31.2 Å². The zero-order valence-corrected chi connectivity index (χ0v) is 14.0. The van der Waals surface area contributed by atoms with Crippen molar-refractivity contribution in [3.8, 4) is 0 Å². The predicted molar refractivity (Wildman–Crippen MR) is 89.6 cm³/mol. The average Bonchev–Trinajstić information content (AvgIpc) is 3.43. The van der Waals surface area contributed by atoms with Crippen LogP contribution in [0.25, 0.3) is 0 Å². The minimum atomic E-state index is -1.67. The zero-order chi connectivity index (χ0) is 18.9. The van der Waals surface area contributed by atoms with E-state index in [0.717, 1.165) is 17.2 Å². The molecule has 2 N–H and O–H groups in total. The highest BCUT2D eigenvalue weighted by molar-refractivity contribution is 6.13. The third-order valence-corrected chi connectivity index (χ3v) is 4.48. The van der Waals surface area contributed by atoms with E-state index in [0.29, 0.717) is 18.9 Å². The van der Waals surface area contributed by atoms with Crippen LogP contribution in [0.4, 0.5) is 18.9 Å². The van der Waals surface area contributed by atoms with E-state index in [4.69, 9.17) is 0 Å². The molecule has 0 aliphatic heterocycles. The van der Waals surface area contributed by atoms with Crippen LogP contribution in [0.15, 0.2) is 36.4 Å². The van der Waals surface area contributed by atoms with Crippen LogP contribution in [0, 0.1) is 29.8 Å². The van der Waals surface area contributed by atoms with Gasteiger partial charge in [0.15, 0.2) is 17.5 Å². The molecule has 3 rings (SSSR count). The number of carbonyl (C=O) groups is 2. The molecule has 2 aromatic rings. The van der Waals surface area contributed by atoms with Gasteiger partial charge in [-0.25, -0.2) is 13.2 Å². The number of nitrogens with one attached hydrogen (secondary N) is 2. The summed E-state index contributed by atoms with van der Waals surface area (Å²) in [4.78, 5) is 24.8. The Hall–Kier alpha value is -2.83. The van der Waals surface area contributed by atoms with Gasteiger partial charge in [-0.15, -0.1) is 0 Å². The third-order valence-electron chi connectivity index (χ3n) is 4.48. The molecule has 0 spiro atoms. The Bertz CT molecular complexity index is 862. The second kappa shape index (κ2) is 6.82. The molecule has 0 radical (unpaired) electrons. The first-order chi connectivity index (χ1) is 12.3. The number of rotatable bonds is 5. The summed E-state index contributed by atoms with van der Waals surface area (Å²) >= 11 is 0. The normalized spacial score (nSPS) is 14.6. The van der Waals surface area contributed by atoms with Crippen molar-refractivity contribution >= 4 is 17.5 Å².